The third-order valence-corrected chi connectivity index (χ3v) is 5.11. The lowest BCUT2D eigenvalue weighted by Gasteiger charge is -2.42. The van der Waals surface area contributed by atoms with Crippen LogP contribution in [-0.2, 0) is 9.59 Å². The third-order valence-electron chi connectivity index (χ3n) is 3.88. The van der Waals surface area contributed by atoms with Crippen LogP contribution >= 0.6 is 27.5 Å². The Hall–Kier alpha value is -1.07. The number of rotatable bonds is 1. The Morgan fingerprint density at radius 1 is 1.25 bits per heavy atom. The van der Waals surface area contributed by atoms with E-state index in [0.717, 1.165) is 23.7 Å². The summed E-state index contributed by atoms with van der Waals surface area (Å²) in [5, 5.41) is 0.536. The van der Waals surface area contributed by atoms with Gasteiger partial charge in [0.25, 0.3) is 0 Å². The summed E-state index contributed by atoms with van der Waals surface area (Å²) in [5.41, 5.74) is 0.682. The van der Waals surface area contributed by atoms with Crippen LogP contribution in [0.3, 0.4) is 0 Å². The van der Waals surface area contributed by atoms with Gasteiger partial charge in [0.05, 0.1) is 5.02 Å². The van der Waals surface area contributed by atoms with Gasteiger partial charge in [0.1, 0.15) is 12.6 Å². The van der Waals surface area contributed by atoms with Gasteiger partial charge in [-0.15, -0.1) is 0 Å². The van der Waals surface area contributed by atoms with Gasteiger partial charge in [0.15, 0.2) is 0 Å². The van der Waals surface area contributed by atoms with Crippen LogP contribution in [0.5, 0.6) is 0 Å². The highest BCUT2D eigenvalue weighted by Gasteiger charge is 2.40. The van der Waals surface area contributed by atoms with Crippen molar-refractivity contribution in [3.05, 3.63) is 27.7 Å². The molecule has 0 bridgehead atoms. The number of hydrogen-bond acceptors (Lipinski definition) is 2. The van der Waals surface area contributed by atoms with Gasteiger partial charge in [-0.25, -0.2) is 0 Å². The number of carbonyl (C=O) groups excluding carboxylic acids is 2. The molecule has 0 radical (unpaired) electrons. The van der Waals surface area contributed by atoms with Crippen LogP contribution in [0.25, 0.3) is 0 Å². The van der Waals surface area contributed by atoms with Crippen LogP contribution < -0.4 is 4.90 Å². The predicted octanol–water partition coefficient (Wildman–Crippen LogP) is 2.83. The molecule has 0 N–H and O–H groups in total. The zero-order valence-corrected chi connectivity index (χ0v) is 13.2. The largest absolute Gasteiger partial charge is 0.329 e. The molecule has 1 unspecified atom stereocenters. The molecule has 0 saturated carbocycles. The maximum atomic E-state index is 12.6. The van der Waals surface area contributed by atoms with Crippen molar-refractivity contribution in [1.82, 2.24) is 4.90 Å². The maximum Gasteiger partial charge on any atom is 0.250 e. The van der Waals surface area contributed by atoms with Gasteiger partial charge in [0, 0.05) is 16.7 Å². The molecule has 1 aromatic rings. The molecule has 1 atom stereocenters. The van der Waals surface area contributed by atoms with Gasteiger partial charge in [-0.05, 0) is 53.4 Å². The van der Waals surface area contributed by atoms with Crippen molar-refractivity contribution < 1.29 is 9.59 Å². The van der Waals surface area contributed by atoms with Crippen LogP contribution in [0.4, 0.5) is 5.69 Å². The van der Waals surface area contributed by atoms with Crippen LogP contribution in [0.2, 0.25) is 5.02 Å². The number of amides is 2. The van der Waals surface area contributed by atoms with E-state index >= 15 is 0 Å². The average molecular weight is 358 g/mol. The molecule has 0 aliphatic carbocycles. The van der Waals surface area contributed by atoms with E-state index in [1.165, 1.54) is 0 Å². The fourth-order valence-corrected chi connectivity index (χ4v) is 3.26. The molecule has 4 nitrogen and oxygen atoms in total. The Balaban J connectivity index is 1.92. The molecule has 2 aliphatic heterocycles. The van der Waals surface area contributed by atoms with Crippen molar-refractivity contribution in [2.75, 3.05) is 18.0 Å². The minimum atomic E-state index is -0.299. The van der Waals surface area contributed by atoms with Crippen molar-refractivity contribution in [3.8, 4) is 0 Å². The molecule has 1 aromatic carbocycles. The van der Waals surface area contributed by atoms with Crippen LogP contribution in [0.15, 0.2) is 22.7 Å². The molecule has 2 amide bonds. The fourth-order valence-electron chi connectivity index (χ4n) is 2.84. The number of benzene rings is 1. The monoisotopic (exact) mass is 356 g/mol. The summed E-state index contributed by atoms with van der Waals surface area (Å²) in [4.78, 5) is 28.1. The summed E-state index contributed by atoms with van der Waals surface area (Å²) < 4.78 is 0.776. The van der Waals surface area contributed by atoms with Crippen LogP contribution in [0, 0.1) is 0 Å². The molecular weight excluding hydrogens is 344 g/mol. The second-order valence-electron chi connectivity index (χ2n) is 5.12. The number of carbonyl (C=O) groups is 2. The second kappa shape index (κ2) is 5.37. The van der Waals surface area contributed by atoms with Gasteiger partial charge in [0.2, 0.25) is 11.8 Å². The SMILES string of the molecule is O=C1C2CCCCN2C(=O)CN1c1ccc(Br)c(Cl)c1. The predicted molar refractivity (Wildman–Crippen MR) is 80.9 cm³/mol. The lowest BCUT2D eigenvalue weighted by atomic mass is 9.98. The molecule has 6 heteroatoms. The quantitative estimate of drug-likeness (QED) is 0.775. The summed E-state index contributed by atoms with van der Waals surface area (Å²) >= 11 is 9.40. The summed E-state index contributed by atoms with van der Waals surface area (Å²) in [7, 11) is 0. The zero-order valence-electron chi connectivity index (χ0n) is 10.8. The van der Waals surface area contributed by atoms with E-state index in [9.17, 15) is 9.59 Å². The Morgan fingerprint density at radius 3 is 2.80 bits per heavy atom. The summed E-state index contributed by atoms with van der Waals surface area (Å²) in [5.74, 6) is 0.0241. The average Bonchev–Trinajstić information content (AvgIpc) is 2.46. The Morgan fingerprint density at radius 2 is 2.05 bits per heavy atom. The first-order valence-electron chi connectivity index (χ1n) is 6.64. The molecule has 0 aromatic heterocycles. The molecule has 20 heavy (non-hydrogen) atoms. The van der Waals surface area contributed by atoms with Crippen molar-refractivity contribution in [2.24, 2.45) is 0 Å². The third kappa shape index (κ3) is 2.33. The highest BCUT2D eigenvalue weighted by molar-refractivity contribution is 9.10. The minimum absolute atomic E-state index is 0.00249. The highest BCUT2D eigenvalue weighted by atomic mass is 79.9. The smallest absolute Gasteiger partial charge is 0.250 e. The van der Waals surface area contributed by atoms with Gasteiger partial charge in [-0.1, -0.05) is 11.6 Å². The lowest BCUT2D eigenvalue weighted by Crippen LogP contribution is -2.61. The first-order chi connectivity index (χ1) is 9.58. The first-order valence-corrected chi connectivity index (χ1v) is 7.81. The molecular formula is C14H14BrClN2O2. The molecule has 2 saturated heterocycles. The normalized spacial score (nSPS) is 23.0. The van der Waals surface area contributed by atoms with Crippen molar-refractivity contribution in [3.63, 3.8) is 0 Å². The lowest BCUT2D eigenvalue weighted by molar-refractivity contribution is -0.144. The van der Waals surface area contributed by atoms with E-state index in [1.54, 1.807) is 28.0 Å². The molecule has 2 aliphatic rings. The molecule has 0 spiro atoms. The summed E-state index contributed by atoms with van der Waals surface area (Å²) in [6.45, 7) is 0.803. The van der Waals surface area contributed by atoms with E-state index < -0.39 is 0 Å². The number of halogens is 2. The Kier molecular flexibility index (Phi) is 3.73. The second-order valence-corrected chi connectivity index (χ2v) is 6.38. The van der Waals surface area contributed by atoms with Crippen molar-refractivity contribution in [1.29, 1.82) is 0 Å². The molecule has 2 fully saturated rings. The fraction of sp³-hybridized carbons (Fsp3) is 0.429. The minimum Gasteiger partial charge on any atom is -0.329 e. The van der Waals surface area contributed by atoms with Gasteiger partial charge < -0.3 is 9.80 Å². The Labute approximate surface area is 130 Å². The van der Waals surface area contributed by atoms with E-state index in [2.05, 4.69) is 15.9 Å². The van der Waals surface area contributed by atoms with E-state index in [0.29, 0.717) is 17.3 Å². The number of nitrogens with zero attached hydrogens (tertiary/aromatic N) is 2. The number of piperidine rings is 1. The highest BCUT2D eigenvalue weighted by Crippen LogP contribution is 2.31. The molecule has 3 rings (SSSR count). The van der Waals surface area contributed by atoms with Gasteiger partial charge >= 0.3 is 0 Å². The number of anilines is 1. The topological polar surface area (TPSA) is 40.6 Å². The van der Waals surface area contributed by atoms with Crippen LogP contribution in [0.1, 0.15) is 19.3 Å². The van der Waals surface area contributed by atoms with E-state index in [-0.39, 0.29) is 24.4 Å². The summed E-state index contributed by atoms with van der Waals surface area (Å²) in [6.07, 6.45) is 2.74. The number of piperazine rings is 1. The van der Waals surface area contributed by atoms with E-state index in [1.807, 2.05) is 0 Å². The van der Waals surface area contributed by atoms with E-state index in [4.69, 9.17) is 11.6 Å². The molecule has 106 valence electrons. The van der Waals surface area contributed by atoms with Gasteiger partial charge in [-0.2, -0.15) is 0 Å². The maximum absolute atomic E-state index is 12.6. The number of hydrogen-bond donors (Lipinski definition) is 0. The zero-order chi connectivity index (χ0) is 14.3. The van der Waals surface area contributed by atoms with Crippen LogP contribution in [-0.4, -0.2) is 35.8 Å². The van der Waals surface area contributed by atoms with Gasteiger partial charge in [-0.3, -0.25) is 9.59 Å². The first kappa shape index (κ1) is 13.9. The standard InChI is InChI=1S/C14H14BrClN2O2/c15-10-5-4-9(7-11(10)16)18-8-13(19)17-6-2-1-3-12(17)14(18)20/h4-5,7,12H,1-3,6,8H2. The Bertz CT molecular complexity index is 578. The van der Waals surface area contributed by atoms with Crippen molar-refractivity contribution in [2.45, 2.75) is 25.3 Å². The summed E-state index contributed by atoms with van der Waals surface area (Å²) in [6, 6.07) is 5.02. The van der Waals surface area contributed by atoms with Crippen molar-refractivity contribution >= 4 is 45.0 Å². The molecule has 2 heterocycles. The number of fused-ring (bicyclic) bond motifs is 1.